The molecule has 1 aromatic rings. The van der Waals surface area contributed by atoms with Crippen molar-refractivity contribution in [1.82, 2.24) is 5.32 Å². The minimum Gasteiger partial charge on any atom is -0.398 e. The van der Waals surface area contributed by atoms with Gasteiger partial charge in [-0.05, 0) is 50.8 Å². The average Bonchev–Trinajstić information content (AvgIpc) is 2.98. The Balaban J connectivity index is 2.14. The Morgan fingerprint density at radius 2 is 2.12 bits per heavy atom. The van der Waals surface area contributed by atoms with E-state index in [4.69, 9.17) is 5.73 Å². The molecular formula is C13H17BrN2O. The summed E-state index contributed by atoms with van der Waals surface area (Å²) in [5, 5.41) is 3.06. The van der Waals surface area contributed by atoms with Crippen LogP contribution in [0, 0.1) is 5.92 Å². The van der Waals surface area contributed by atoms with Crippen LogP contribution in [0.4, 0.5) is 5.69 Å². The minimum atomic E-state index is -0.142. The average molecular weight is 297 g/mol. The van der Waals surface area contributed by atoms with Crippen molar-refractivity contribution in [2.75, 3.05) is 5.73 Å². The number of carbonyl (C=O) groups excluding carboxylic acids is 1. The summed E-state index contributed by atoms with van der Waals surface area (Å²) in [5.41, 5.74) is 6.75. The zero-order chi connectivity index (χ0) is 12.6. The van der Waals surface area contributed by atoms with Crippen LogP contribution in [0.1, 0.15) is 37.0 Å². The maximum Gasteiger partial charge on any atom is 0.253 e. The second-order valence-electron chi connectivity index (χ2n) is 5.18. The Hall–Kier alpha value is -1.03. The Labute approximate surface area is 110 Å². The lowest BCUT2D eigenvalue weighted by Gasteiger charge is -2.26. The fourth-order valence-electron chi connectivity index (χ4n) is 2.01. The molecule has 0 bridgehead atoms. The van der Waals surface area contributed by atoms with Crippen molar-refractivity contribution in [2.45, 2.75) is 32.2 Å². The standard InChI is InChI=1S/C13H17BrN2O/c1-13(2,8-3-4-8)16-12(17)10-6-5-9(14)7-11(10)15/h5-8H,3-4,15H2,1-2H3,(H,16,17). The van der Waals surface area contributed by atoms with Gasteiger partial charge >= 0.3 is 0 Å². The fraction of sp³-hybridized carbons (Fsp3) is 0.462. The molecule has 4 heteroatoms. The van der Waals surface area contributed by atoms with Gasteiger partial charge in [0.25, 0.3) is 5.91 Å². The molecule has 1 aliphatic carbocycles. The first-order valence-electron chi connectivity index (χ1n) is 5.77. The van der Waals surface area contributed by atoms with E-state index in [2.05, 4.69) is 35.1 Å². The Bertz CT molecular complexity index is 453. The zero-order valence-corrected chi connectivity index (χ0v) is 11.7. The number of benzene rings is 1. The molecule has 0 spiro atoms. The first-order chi connectivity index (χ1) is 7.90. The predicted molar refractivity (Wildman–Crippen MR) is 72.8 cm³/mol. The van der Waals surface area contributed by atoms with Gasteiger partial charge in [0.05, 0.1) is 5.56 Å². The van der Waals surface area contributed by atoms with Gasteiger partial charge in [0.1, 0.15) is 0 Å². The van der Waals surface area contributed by atoms with Gasteiger partial charge in [-0.2, -0.15) is 0 Å². The predicted octanol–water partition coefficient (Wildman–Crippen LogP) is 2.95. The molecule has 1 saturated carbocycles. The molecule has 3 nitrogen and oxygen atoms in total. The van der Waals surface area contributed by atoms with E-state index in [-0.39, 0.29) is 11.4 Å². The minimum absolute atomic E-state index is 0.0908. The van der Waals surface area contributed by atoms with Crippen LogP contribution in [0.5, 0.6) is 0 Å². The van der Waals surface area contributed by atoms with Crippen molar-refractivity contribution in [1.29, 1.82) is 0 Å². The highest BCUT2D eigenvalue weighted by molar-refractivity contribution is 9.10. The van der Waals surface area contributed by atoms with Crippen LogP contribution in [0.15, 0.2) is 22.7 Å². The molecule has 0 heterocycles. The van der Waals surface area contributed by atoms with Gasteiger partial charge in [0.2, 0.25) is 0 Å². The van der Waals surface area contributed by atoms with E-state index in [0.717, 1.165) is 4.47 Å². The van der Waals surface area contributed by atoms with Crippen LogP contribution in [0.2, 0.25) is 0 Å². The number of carbonyl (C=O) groups is 1. The molecule has 17 heavy (non-hydrogen) atoms. The van der Waals surface area contributed by atoms with E-state index in [0.29, 0.717) is 17.2 Å². The summed E-state index contributed by atoms with van der Waals surface area (Å²) in [4.78, 5) is 12.1. The lowest BCUT2D eigenvalue weighted by Crippen LogP contribution is -2.45. The number of halogens is 1. The molecule has 1 fully saturated rings. The van der Waals surface area contributed by atoms with Crippen LogP contribution in [0.25, 0.3) is 0 Å². The van der Waals surface area contributed by atoms with E-state index in [9.17, 15) is 4.79 Å². The van der Waals surface area contributed by atoms with Gasteiger partial charge in [-0.15, -0.1) is 0 Å². The first kappa shape index (κ1) is 12.4. The van der Waals surface area contributed by atoms with Crippen LogP contribution in [-0.2, 0) is 0 Å². The van der Waals surface area contributed by atoms with Crippen molar-refractivity contribution >= 4 is 27.5 Å². The van der Waals surface area contributed by atoms with E-state index >= 15 is 0 Å². The molecule has 1 aliphatic rings. The quantitative estimate of drug-likeness (QED) is 0.843. The molecule has 1 aromatic carbocycles. The molecule has 0 aliphatic heterocycles. The number of hydrogen-bond donors (Lipinski definition) is 2. The second kappa shape index (κ2) is 4.33. The molecule has 0 unspecified atom stereocenters. The highest BCUT2D eigenvalue weighted by atomic mass is 79.9. The highest BCUT2D eigenvalue weighted by Crippen LogP contribution is 2.39. The molecule has 1 amide bonds. The van der Waals surface area contributed by atoms with Crippen LogP contribution >= 0.6 is 15.9 Å². The summed E-state index contributed by atoms with van der Waals surface area (Å²) in [5.74, 6) is 0.509. The number of nitrogens with two attached hydrogens (primary N) is 1. The van der Waals surface area contributed by atoms with Gasteiger partial charge < -0.3 is 11.1 Å². The Morgan fingerprint density at radius 1 is 1.47 bits per heavy atom. The largest absolute Gasteiger partial charge is 0.398 e. The van der Waals surface area contributed by atoms with Crippen LogP contribution < -0.4 is 11.1 Å². The van der Waals surface area contributed by atoms with E-state index in [1.165, 1.54) is 12.8 Å². The number of rotatable bonds is 3. The van der Waals surface area contributed by atoms with Gasteiger partial charge in [-0.1, -0.05) is 15.9 Å². The first-order valence-corrected chi connectivity index (χ1v) is 6.57. The molecule has 0 atom stereocenters. The molecule has 0 radical (unpaired) electrons. The third-order valence-electron chi connectivity index (χ3n) is 3.29. The molecule has 3 N–H and O–H groups in total. The van der Waals surface area contributed by atoms with Crippen molar-refractivity contribution in [3.05, 3.63) is 28.2 Å². The van der Waals surface area contributed by atoms with Crippen molar-refractivity contribution in [2.24, 2.45) is 5.92 Å². The highest BCUT2D eigenvalue weighted by Gasteiger charge is 2.38. The summed E-state index contributed by atoms with van der Waals surface area (Å²) in [6.45, 7) is 4.13. The Morgan fingerprint density at radius 3 is 2.65 bits per heavy atom. The SMILES string of the molecule is CC(C)(NC(=O)c1ccc(Br)cc1N)C1CC1. The normalized spacial score (nSPS) is 15.7. The number of amides is 1. The number of anilines is 1. The number of nitrogens with one attached hydrogen (secondary N) is 1. The van der Waals surface area contributed by atoms with Crippen molar-refractivity contribution in [3.63, 3.8) is 0 Å². The number of nitrogen functional groups attached to an aromatic ring is 1. The second-order valence-corrected chi connectivity index (χ2v) is 6.10. The summed E-state index contributed by atoms with van der Waals surface area (Å²) in [6.07, 6.45) is 2.40. The zero-order valence-electron chi connectivity index (χ0n) is 10.1. The molecule has 0 saturated heterocycles. The summed E-state index contributed by atoms with van der Waals surface area (Å²) in [6, 6.07) is 5.33. The summed E-state index contributed by atoms with van der Waals surface area (Å²) in [7, 11) is 0. The van der Waals surface area contributed by atoms with Crippen LogP contribution in [-0.4, -0.2) is 11.4 Å². The molecular weight excluding hydrogens is 280 g/mol. The molecule has 2 rings (SSSR count). The Kier molecular flexibility index (Phi) is 3.17. The monoisotopic (exact) mass is 296 g/mol. The maximum absolute atomic E-state index is 12.1. The number of hydrogen-bond acceptors (Lipinski definition) is 2. The van der Waals surface area contributed by atoms with Crippen molar-refractivity contribution in [3.8, 4) is 0 Å². The van der Waals surface area contributed by atoms with Gasteiger partial charge in [-0.3, -0.25) is 4.79 Å². The van der Waals surface area contributed by atoms with Gasteiger partial charge in [0, 0.05) is 15.7 Å². The maximum atomic E-state index is 12.1. The summed E-state index contributed by atoms with van der Waals surface area (Å²) < 4.78 is 0.882. The summed E-state index contributed by atoms with van der Waals surface area (Å²) >= 11 is 3.33. The lowest BCUT2D eigenvalue weighted by molar-refractivity contribution is 0.0904. The van der Waals surface area contributed by atoms with E-state index in [1.807, 2.05) is 6.07 Å². The third kappa shape index (κ3) is 2.80. The molecule has 0 aromatic heterocycles. The lowest BCUT2D eigenvalue weighted by atomic mass is 9.98. The smallest absolute Gasteiger partial charge is 0.253 e. The van der Waals surface area contributed by atoms with Gasteiger partial charge in [-0.25, -0.2) is 0 Å². The van der Waals surface area contributed by atoms with E-state index in [1.54, 1.807) is 12.1 Å². The van der Waals surface area contributed by atoms with Crippen LogP contribution in [0.3, 0.4) is 0 Å². The van der Waals surface area contributed by atoms with Crippen molar-refractivity contribution < 1.29 is 4.79 Å². The van der Waals surface area contributed by atoms with E-state index < -0.39 is 0 Å². The third-order valence-corrected chi connectivity index (χ3v) is 3.79. The van der Waals surface area contributed by atoms with Gasteiger partial charge in [0.15, 0.2) is 0 Å². The fourth-order valence-corrected chi connectivity index (χ4v) is 2.39. The molecule has 92 valence electrons. The topological polar surface area (TPSA) is 55.1 Å².